The van der Waals surface area contributed by atoms with E-state index in [1.165, 1.54) is 10.8 Å². The molecule has 0 spiro atoms. The van der Waals surface area contributed by atoms with E-state index in [1.807, 2.05) is 6.07 Å². The van der Waals surface area contributed by atoms with Crippen LogP contribution in [-0.2, 0) is 0 Å². The maximum Gasteiger partial charge on any atom is 0.237 e. The van der Waals surface area contributed by atoms with Gasteiger partial charge >= 0.3 is 0 Å². The van der Waals surface area contributed by atoms with E-state index in [1.54, 1.807) is 0 Å². The minimum atomic E-state index is 0.623. The predicted octanol–water partition coefficient (Wildman–Crippen LogP) is 9.50. The van der Waals surface area contributed by atoms with E-state index in [9.17, 15) is 0 Å². The van der Waals surface area contributed by atoms with Gasteiger partial charge in [-0.15, -0.1) is 0 Å². The molecule has 0 aliphatic rings. The van der Waals surface area contributed by atoms with Crippen LogP contribution in [-0.4, -0.2) is 23.9 Å². The van der Waals surface area contributed by atoms with Crippen LogP contribution in [0.1, 0.15) is 0 Å². The first-order valence-electron chi connectivity index (χ1n) is 14.8. The second-order valence-corrected chi connectivity index (χ2v) is 11.3. The Kier molecular flexibility index (Phi) is 4.66. The summed E-state index contributed by atoms with van der Waals surface area (Å²) >= 11 is 0. The van der Waals surface area contributed by atoms with Gasteiger partial charge in [-0.25, -0.2) is 15.0 Å². The number of pyridine rings is 1. The van der Waals surface area contributed by atoms with Crippen molar-refractivity contribution in [2.45, 2.75) is 0 Å². The Morgan fingerprint density at radius 2 is 1.07 bits per heavy atom. The number of para-hydroxylation sites is 2. The third-order valence-corrected chi connectivity index (χ3v) is 8.89. The zero-order valence-electron chi connectivity index (χ0n) is 23.5. The molecule has 0 aliphatic heterocycles. The number of fused-ring (bicyclic) bond motifs is 13. The van der Waals surface area contributed by atoms with E-state index in [2.05, 4.69) is 142 Å². The summed E-state index contributed by atoms with van der Waals surface area (Å²) in [7, 11) is 0. The third-order valence-electron chi connectivity index (χ3n) is 8.89. The molecule has 0 atom stereocenters. The van der Waals surface area contributed by atoms with Crippen LogP contribution in [0.2, 0.25) is 0 Å². The number of hydrogen-bond donors (Lipinski definition) is 0. The highest BCUT2D eigenvalue weighted by atomic mass is 15.2. The summed E-state index contributed by atoms with van der Waals surface area (Å²) in [6.07, 6.45) is 0. The van der Waals surface area contributed by atoms with E-state index in [0.29, 0.717) is 5.95 Å². The van der Waals surface area contributed by atoms with Gasteiger partial charge in [-0.2, -0.15) is 0 Å². The maximum absolute atomic E-state index is 5.37. The number of benzene rings is 6. The molecule has 0 bridgehead atoms. The number of imidazole rings is 1. The van der Waals surface area contributed by atoms with Crippen molar-refractivity contribution in [3.63, 3.8) is 0 Å². The standard InChI is InChI=1S/C39H23N5/c1-2-13-25(14-3-1)34-31-23-22-24-12-4-5-15-26(24)35(31)42-39(41-34)44-33-21-11-9-19-30(33)36-38(44)43-32-20-10-8-17-28(32)27-16-6-7-18-29(27)37(43)40-36/h1-23H. The Morgan fingerprint density at radius 1 is 0.409 bits per heavy atom. The molecule has 0 N–H and O–H groups in total. The molecule has 10 rings (SSSR count). The van der Waals surface area contributed by atoms with Gasteiger partial charge in [0, 0.05) is 32.5 Å². The zero-order chi connectivity index (χ0) is 28.8. The van der Waals surface area contributed by atoms with Crippen molar-refractivity contribution in [3.05, 3.63) is 140 Å². The first-order chi connectivity index (χ1) is 21.8. The number of hydrogen-bond acceptors (Lipinski definition) is 3. The third kappa shape index (κ3) is 3.10. The van der Waals surface area contributed by atoms with Crippen molar-refractivity contribution in [2.75, 3.05) is 0 Å². The van der Waals surface area contributed by atoms with E-state index < -0.39 is 0 Å². The van der Waals surface area contributed by atoms with Crippen LogP contribution in [0.3, 0.4) is 0 Å². The molecule has 44 heavy (non-hydrogen) atoms. The molecule has 0 amide bonds. The average Bonchev–Trinajstić information content (AvgIpc) is 3.64. The van der Waals surface area contributed by atoms with Crippen molar-refractivity contribution in [3.8, 4) is 17.2 Å². The van der Waals surface area contributed by atoms with E-state index in [0.717, 1.165) is 71.5 Å². The van der Waals surface area contributed by atoms with Crippen molar-refractivity contribution in [1.82, 2.24) is 23.9 Å². The molecule has 0 unspecified atom stereocenters. The summed E-state index contributed by atoms with van der Waals surface area (Å²) in [4.78, 5) is 16.1. The summed E-state index contributed by atoms with van der Waals surface area (Å²) in [5.74, 6) is 0.623. The molecule has 0 saturated heterocycles. The summed E-state index contributed by atoms with van der Waals surface area (Å²) < 4.78 is 4.51. The van der Waals surface area contributed by atoms with Crippen LogP contribution in [0.25, 0.3) is 88.3 Å². The van der Waals surface area contributed by atoms with Gasteiger partial charge in [0.25, 0.3) is 0 Å². The topological polar surface area (TPSA) is 48.0 Å². The Hall–Kier alpha value is -6.07. The van der Waals surface area contributed by atoms with Gasteiger partial charge in [0.1, 0.15) is 11.2 Å². The van der Waals surface area contributed by atoms with Crippen LogP contribution in [0, 0.1) is 0 Å². The molecule has 0 saturated carbocycles. The van der Waals surface area contributed by atoms with Gasteiger partial charge in [-0.3, -0.25) is 8.97 Å². The summed E-state index contributed by atoms with van der Waals surface area (Å²) in [6.45, 7) is 0. The zero-order valence-corrected chi connectivity index (χ0v) is 23.5. The smallest absolute Gasteiger partial charge is 0.237 e. The molecule has 0 aliphatic carbocycles. The second-order valence-electron chi connectivity index (χ2n) is 11.3. The van der Waals surface area contributed by atoms with E-state index in [-0.39, 0.29) is 0 Å². The van der Waals surface area contributed by atoms with Gasteiger partial charge in [-0.05, 0) is 29.0 Å². The van der Waals surface area contributed by atoms with Crippen molar-refractivity contribution < 1.29 is 0 Å². The van der Waals surface area contributed by atoms with E-state index >= 15 is 0 Å². The normalized spacial score (nSPS) is 12.1. The Balaban J connectivity index is 1.45. The molecular weight excluding hydrogens is 538 g/mol. The van der Waals surface area contributed by atoms with Gasteiger partial charge in [0.2, 0.25) is 5.95 Å². The number of nitrogens with zero attached hydrogens (tertiary/aromatic N) is 5. The lowest BCUT2D eigenvalue weighted by Crippen LogP contribution is -2.05. The predicted molar refractivity (Wildman–Crippen MR) is 181 cm³/mol. The summed E-state index contributed by atoms with van der Waals surface area (Å²) in [5.41, 5.74) is 7.84. The highest BCUT2D eigenvalue weighted by molar-refractivity contribution is 6.17. The average molecular weight is 562 g/mol. The fourth-order valence-corrected chi connectivity index (χ4v) is 6.97. The monoisotopic (exact) mass is 561 g/mol. The molecule has 5 nitrogen and oxygen atoms in total. The minimum absolute atomic E-state index is 0.623. The number of rotatable bonds is 2. The van der Waals surface area contributed by atoms with Gasteiger partial charge in [0.05, 0.1) is 22.2 Å². The Bertz CT molecular complexity index is 2770. The van der Waals surface area contributed by atoms with Gasteiger partial charge < -0.3 is 0 Å². The van der Waals surface area contributed by atoms with Crippen LogP contribution < -0.4 is 0 Å². The Morgan fingerprint density at radius 3 is 1.91 bits per heavy atom. The van der Waals surface area contributed by atoms with Gasteiger partial charge in [0.15, 0.2) is 5.65 Å². The van der Waals surface area contributed by atoms with Crippen molar-refractivity contribution in [2.24, 2.45) is 0 Å². The second kappa shape index (κ2) is 8.72. The molecule has 6 aromatic carbocycles. The lowest BCUT2D eigenvalue weighted by atomic mass is 10.0. The molecular formula is C39H23N5. The lowest BCUT2D eigenvalue weighted by Gasteiger charge is -2.14. The van der Waals surface area contributed by atoms with Crippen molar-refractivity contribution in [1.29, 1.82) is 0 Å². The Labute approximate surface area is 251 Å². The first-order valence-corrected chi connectivity index (χ1v) is 14.8. The van der Waals surface area contributed by atoms with Crippen LogP contribution in [0.15, 0.2) is 140 Å². The highest BCUT2D eigenvalue weighted by Gasteiger charge is 2.23. The molecule has 0 fully saturated rings. The molecule has 4 heterocycles. The SMILES string of the molecule is c1ccc(-c2nc(-n3c4ccccc4c4nc5c6ccccc6c6ccccc6n5c43)nc3c2ccc2ccccc23)cc1. The molecule has 204 valence electrons. The molecule has 10 aromatic rings. The lowest BCUT2D eigenvalue weighted by molar-refractivity contribution is 0.994. The van der Waals surface area contributed by atoms with Gasteiger partial charge in [-0.1, -0.05) is 121 Å². The van der Waals surface area contributed by atoms with Crippen LogP contribution >= 0.6 is 0 Å². The summed E-state index contributed by atoms with van der Waals surface area (Å²) in [6, 6.07) is 48.8. The molecule has 0 radical (unpaired) electrons. The summed E-state index contributed by atoms with van der Waals surface area (Å²) in [5, 5.41) is 7.85. The van der Waals surface area contributed by atoms with E-state index in [4.69, 9.17) is 15.0 Å². The fourth-order valence-electron chi connectivity index (χ4n) is 6.97. The number of aromatic nitrogens is 5. The first kappa shape index (κ1) is 23.5. The largest absolute Gasteiger partial charge is 0.277 e. The quantitative estimate of drug-likeness (QED) is 0.198. The van der Waals surface area contributed by atoms with Crippen LogP contribution in [0.5, 0.6) is 0 Å². The van der Waals surface area contributed by atoms with Crippen molar-refractivity contribution >= 4 is 71.1 Å². The van der Waals surface area contributed by atoms with Crippen LogP contribution in [0.4, 0.5) is 0 Å². The fraction of sp³-hybridized carbons (Fsp3) is 0. The molecule has 4 aromatic heterocycles. The molecule has 5 heteroatoms. The minimum Gasteiger partial charge on any atom is -0.277 e. The highest BCUT2D eigenvalue weighted by Crippen LogP contribution is 2.38. The maximum atomic E-state index is 5.37.